The molecule has 0 saturated carbocycles. The molecule has 0 bridgehead atoms. The summed E-state index contributed by atoms with van der Waals surface area (Å²) in [6.45, 7) is 0.723. The SMILES string of the molecule is O=C(CCNC(=O)COc1ccc(C2SCCCS2)cc1)NCc1ccccc1. The number of rotatable bonds is 9. The van der Waals surface area contributed by atoms with Crippen molar-refractivity contribution in [2.24, 2.45) is 0 Å². The maximum Gasteiger partial charge on any atom is 0.257 e. The minimum Gasteiger partial charge on any atom is -0.484 e. The first-order valence-electron chi connectivity index (χ1n) is 9.74. The molecule has 5 nitrogen and oxygen atoms in total. The summed E-state index contributed by atoms with van der Waals surface area (Å²) in [7, 11) is 0. The van der Waals surface area contributed by atoms with Crippen LogP contribution in [-0.4, -0.2) is 36.5 Å². The third-order valence-electron chi connectivity index (χ3n) is 4.36. The van der Waals surface area contributed by atoms with Gasteiger partial charge in [0.15, 0.2) is 6.61 Å². The molecule has 0 unspecified atom stereocenters. The van der Waals surface area contributed by atoms with E-state index in [1.807, 2.05) is 66.0 Å². The van der Waals surface area contributed by atoms with Crippen LogP contribution >= 0.6 is 23.5 Å². The van der Waals surface area contributed by atoms with Crippen LogP contribution in [0.25, 0.3) is 0 Å². The first-order chi connectivity index (χ1) is 14.2. The first-order valence-corrected chi connectivity index (χ1v) is 11.8. The number of ether oxygens (including phenoxy) is 1. The molecule has 3 rings (SSSR count). The monoisotopic (exact) mass is 430 g/mol. The van der Waals surface area contributed by atoms with Crippen molar-refractivity contribution in [1.29, 1.82) is 0 Å². The van der Waals surface area contributed by atoms with Gasteiger partial charge in [-0.2, -0.15) is 0 Å². The summed E-state index contributed by atoms with van der Waals surface area (Å²) in [5.41, 5.74) is 2.34. The highest BCUT2D eigenvalue weighted by Crippen LogP contribution is 2.43. The van der Waals surface area contributed by atoms with E-state index in [1.54, 1.807) is 0 Å². The minimum atomic E-state index is -0.233. The lowest BCUT2D eigenvalue weighted by atomic mass is 10.2. The number of nitrogens with one attached hydrogen (secondary N) is 2. The van der Waals surface area contributed by atoms with Crippen molar-refractivity contribution in [2.75, 3.05) is 24.7 Å². The Labute approximate surface area is 180 Å². The van der Waals surface area contributed by atoms with Crippen LogP contribution in [0.15, 0.2) is 54.6 Å². The zero-order chi connectivity index (χ0) is 20.3. The molecule has 29 heavy (non-hydrogen) atoms. The molecular weight excluding hydrogens is 404 g/mol. The quantitative estimate of drug-likeness (QED) is 0.634. The number of hydrogen-bond donors (Lipinski definition) is 2. The van der Waals surface area contributed by atoms with Crippen LogP contribution in [0.2, 0.25) is 0 Å². The van der Waals surface area contributed by atoms with Gasteiger partial charge in [0.1, 0.15) is 5.75 Å². The van der Waals surface area contributed by atoms with Crippen LogP contribution in [0.1, 0.15) is 28.6 Å². The number of benzene rings is 2. The molecule has 0 spiro atoms. The van der Waals surface area contributed by atoms with Gasteiger partial charge in [-0.15, -0.1) is 23.5 Å². The van der Waals surface area contributed by atoms with Gasteiger partial charge in [-0.05, 0) is 41.2 Å². The molecule has 0 atom stereocenters. The molecule has 1 aliphatic heterocycles. The molecular formula is C22H26N2O3S2. The van der Waals surface area contributed by atoms with E-state index in [2.05, 4.69) is 22.8 Å². The van der Waals surface area contributed by atoms with Crippen LogP contribution in [0.4, 0.5) is 0 Å². The summed E-state index contributed by atoms with van der Waals surface area (Å²) in [6, 6.07) is 17.7. The standard InChI is InChI=1S/C22H26N2O3S2/c25-20(24-15-17-5-2-1-3-6-17)11-12-23-21(26)16-27-19-9-7-18(8-10-19)22-28-13-4-14-29-22/h1-3,5-10,22H,4,11-16H2,(H,23,26)(H,24,25). The van der Waals surface area contributed by atoms with Crippen molar-refractivity contribution in [3.63, 3.8) is 0 Å². The van der Waals surface area contributed by atoms with E-state index in [0.29, 0.717) is 16.9 Å². The predicted octanol–water partition coefficient (Wildman–Crippen LogP) is 3.76. The van der Waals surface area contributed by atoms with Crippen LogP contribution in [0.5, 0.6) is 5.75 Å². The fourth-order valence-corrected chi connectivity index (χ4v) is 5.70. The summed E-state index contributed by atoms with van der Waals surface area (Å²) in [6.07, 6.45) is 1.51. The van der Waals surface area contributed by atoms with E-state index >= 15 is 0 Å². The zero-order valence-corrected chi connectivity index (χ0v) is 17.9. The number of carbonyl (C=O) groups is 2. The van der Waals surface area contributed by atoms with Gasteiger partial charge in [0, 0.05) is 19.5 Å². The Kier molecular flexibility index (Phi) is 8.77. The summed E-state index contributed by atoms with van der Waals surface area (Å²) in [4.78, 5) is 23.8. The molecule has 0 aliphatic carbocycles. The van der Waals surface area contributed by atoms with E-state index < -0.39 is 0 Å². The third kappa shape index (κ3) is 7.66. The van der Waals surface area contributed by atoms with Crippen molar-refractivity contribution in [3.05, 3.63) is 65.7 Å². The fourth-order valence-electron chi connectivity index (χ4n) is 2.80. The summed E-state index contributed by atoms with van der Waals surface area (Å²) in [5, 5.41) is 5.55. The second-order valence-corrected chi connectivity index (χ2v) is 9.37. The van der Waals surface area contributed by atoms with Crippen molar-refractivity contribution < 1.29 is 14.3 Å². The number of amides is 2. The Hall–Kier alpha value is -2.12. The largest absolute Gasteiger partial charge is 0.484 e. The van der Waals surface area contributed by atoms with Crippen LogP contribution < -0.4 is 15.4 Å². The normalized spacial score (nSPS) is 14.2. The Morgan fingerprint density at radius 3 is 2.38 bits per heavy atom. The van der Waals surface area contributed by atoms with Crippen molar-refractivity contribution >= 4 is 35.3 Å². The molecule has 2 aromatic carbocycles. The van der Waals surface area contributed by atoms with Gasteiger partial charge in [-0.1, -0.05) is 42.5 Å². The molecule has 0 radical (unpaired) electrons. The highest BCUT2D eigenvalue weighted by molar-refractivity contribution is 8.16. The van der Waals surface area contributed by atoms with E-state index in [4.69, 9.17) is 4.74 Å². The number of hydrogen-bond acceptors (Lipinski definition) is 5. The molecule has 0 aromatic heterocycles. The topological polar surface area (TPSA) is 67.4 Å². The van der Waals surface area contributed by atoms with Gasteiger partial charge in [-0.3, -0.25) is 9.59 Å². The second-order valence-electron chi connectivity index (χ2n) is 6.65. The Morgan fingerprint density at radius 1 is 0.931 bits per heavy atom. The highest BCUT2D eigenvalue weighted by atomic mass is 32.2. The Morgan fingerprint density at radius 2 is 1.66 bits per heavy atom. The maximum atomic E-state index is 11.9. The summed E-state index contributed by atoms with van der Waals surface area (Å²) >= 11 is 3.96. The zero-order valence-electron chi connectivity index (χ0n) is 16.3. The smallest absolute Gasteiger partial charge is 0.257 e. The molecule has 1 heterocycles. The Balaban J connectivity index is 1.30. The van der Waals surface area contributed by atoms with Gasteiger partial charge in [0.05, 0.1) is 4.58 Å². The van der Waals surface area contributed by atoms with Crippen LogP contribution in [-0.2, 0) is 16.1 Å². The lowest BCUT2D eigenvalue weighted by Crippen LogP contribution is -2.33. The number of carbonyl (C=O) groups excluding carboxylic acids is 2. The minimum absolute atomic E-state index is 0.0576. The molecule has 2 N–H and O–H groups in total. The molecule has 1 saturated heterocycles. The number of thioether (sulfide) groups is 2. The summed E-state index contributed by atoms with van der Waals surface area (Å²) in [5.74, 6) is 2.77. The molecule has 1 fully saturated rings. The van der Waals surface area contributed by atoms with Gasteiger partial charge < -0.3 is 15.4 Å². The lowest BCUT2D eigenvalue weighted by molar-refractivity contribution is -0.123. The maximum absolute atomic E-state index is 11.9. The van der Waals surface area contributed by atoms with Crippen LogP contribution in [0.3, 0.4) is 0 Å². The highest BCUT2D eigenvalue weighted by Gasteiger charge is 2.16. The molecule has 154 valence electrons. The van der Waals surface area contributed by atoms with Gasteiger partial charge in [0.25, 0.3) is 5.91 Å². The van der Waals surface area contributed by atoms with Gasteiger partial charge in [-0.25, -0.2) is 0 Å². The lowest BCUT2D eigenvalue weighted by Gasteiger charge is -2.21. The van der Waals surface area contributed by atoms with Gasteiger partial charge >= 0.3 is 0 Å². The van der Waals surface area contributed by atoms with E-state index in [-0.39, 0.29) is 31.4 Å². The fraction of sp³-hybridized carbons (Fsp3) is 0.364. The molecule has 1 aliphatic rings. The van der Waals surface area contributed by atoms with Gasteiger partial charge in [0.2, 0.25) is 5.91 Å². The van der Waals surface area contributed by atoms with E-state index in [1.165, 1.54) is 23.5 Å². The molecule has 2 aromatic rings. The van der Waals surface area contributed by atoms with E-state index in [0.717, 1.165) is 5.56 Å². The summed E-state index contributed by atoms with van der Waals surface area (Å²) < 4.78 is 6.04. The Bertz CT molecular complexity index is 778. The van der Waals surface area contributed by atoms with E-state index in [9.17, 15) is 9.59 Å². The average Bonchev–Trinajstić information content (AvgIpc) is 2.78. The second kappa shape index (κ2) is 11.8. The van der Waals surface area contributed by atoms with Crippen molar-refractivity contribution in [1.82, 2.24) is 10.6 Å². The van der Waals surface area contributed by atoms with Crippen molar-refractivity contribution in [2.45, 2.75) is 24.0 Å². The molecule has 2 amide bonds. The first kappa shape index (κ1) is 21.6. The molecule has 7 heteroatoms. The predicted molar refractivity (Wildman–Crippen MR) is 120 cm³/mol. The average molecular weight is 431 g/mol. The third-order valence-corrected chi connectivity index (χ3v) is 7.37. The van der Waals surface area contributed by atoms with Crippen LogP contribution in [0, 0.1) is 0 Å². The van der Waals surface area contributed by atoms with Crippen molar-refractivity contribution in [3.8, 4) is 5.75 Å².